The number of anilines is 1. The Balaban J connectivity index is 2.21. The lowest BCUT2D eigenvalue weighted by atomic mass is 9.64. The number of nitrogens with one attached hydrogen (secondary N) is 1. The van der Waals surface area contributed by atoms with Gasteiger partial charge in [0.25, 0.3) is 0 Å². The van der Waals surface area contributed by atoms with E-state index in [1.165, 1.54) is 13.8 Å². The summed E-state index contributed by atoms with van der Waals surface area (Å²) in [6, 6.07) is 16.6. The van der Waals surface area contributed by atoms with Crippen LogP contribution in [0.25, 0.3) is 0 Å². The lowest BCUT2D eigenvalue weighted by Gasteiger charge is -2.43. The van der Waals surface area contributed by atoms with Gasteiger partial charge in [0.1, 0.15) is 5.78 Å². The summed E-state index contributed by atoms with van der Waals surface area (Å²) in [5.41, 5.74) is 1.47. The topological polar surface area (TPSA) is 66.4 Å². The highest BCUT2D eigenvalue weighted by Crippen LogP contribution is 2.47. The van der Waals surface area contributed by atoms with E-state index in [2.05, 4.69) is 5.32 Å². The van der Waals surface area contributed by atoms with Gasteiger partial charge in [-0.05, 0) is 50.6 Å². The van der Waals surface area contributed by atoms with E-state index >= 15 is 0 Å². The molecule has 2 aromatic carbocycles. The third-order valence-corrected chi connectivity index (χ3v) is 5.54. The van der Waals surface area contributed by atoms with Crippen molar-refractivity contribution in [2.75, 3.05) is 5.32 Å². The first-order valence-electron chi connectivity index (χ1n) is 9.25. The molecule has 3 atom stereocenters. The summed E-state index contributed by atoms with van der Waals surface area (Å²) >= 11 is 6.03. The lowest BCUT2D eigenvalue weighted by molar-refractivity contribution is -0.131. The monoisotopic (exact) mass is 397 g/mol. The minimum absolute atomic E-state index is 0.125. The molecule has 1 aliphatic carbocycles. The fourth-order valence-electron chi connectivity index (χ4n) is 4.22. The van der Waals surface area contributed by atoms with Crippen molar-refractivity contribution in [2.24, 2.45) is 5.92 Å². The van der Waals surface area contributed by atoms with E-state index in [9.17, 15) is 14.7 Å². The quantitative estimate of drug-likeness (QED) is 0.764. The van der Waals surface area contributed by atoms with Gasteiger partial charge in [-0.1, -0.05) is 41.9 Å². The average Bonchev–Trinajstić information content (AvgIpc) is 2.61. The molecule has 0 aliphatic heterocycles. The van der Waals surface area contributed by atoms with E-state index in [1.54, 1.807) is 19.1 Å². The molecule has 2 aromatic rings. The molecule has 0 heterocycles. The van der Waals surface area contributed by atoms with E-state index in [4.69, 9.17) is 11.6 Å². The Morgan fingerprint density at radius 1 is 1.07 bits per heavy atom. The molecule has 1 aliphatic rings. The summed E-state index contributed by atoms with van der Waals surface area (Å²) < 4.78 is 0. The fourth-order valence-corrected chi connectivity index (χ4v) is 4.34. The van der Waals surface area contributed by atoms with Gasteiger partial charge in [-0.25, -0.2) is 0 Å². The lowest BCUT2D eigenvalue weighted by Crippen LogP contribution is -2.48. The highest BCUT2D eigenvalue weighted by atomic mass is 35.5. The number of rotatable bonds is 5. The van der Waals surface area contributed by atoms with Crippen LogP contribution in [0.15, 0.2) is 65.9 Å². The summed E-state index contributed by atoms with van der Waals surface area (Å²) in [5, 5.41) is 15.1. The molecule has 3 unspecified atom stereocenters. The molecule has 0 radical (unpaired) electrons. The first kappa shape index (κ1) is 20.3. The van der Waals surface area contributed by atoms with Gasteiger partial charge in [0.2, 0.25) is 0 Å². The smallest absolute Gasteiger partial charge is 0.158 e. The Bertz CT molecular complexity index is 917. The van der Waals surface area contributed by atoms with Crippen LogP contribution in [-0.2, 0) is 9.59 Å². The van der Waals surface area contributed by atoms with Gasteiger partial charge in [0, 0.05) is 34.3 Å². The number of aliphatic hydroxyl groups is 1. The molecule has 0 saturated carbocycles. The van der Waals surface area contributed by atoms with Crippen molar-refractivity contribution in [3.63, 3.8) is 0 Å². The maximum Gasteiger partial charge on any atom is 0.158 e. The summed E-state index contributed by atoms with van der Waals surface area (Å²) in [5.74, 6) is -1.56. The van der Waals surface area contributed by atoms with E-state index in [0.29, 0.717) is 16.3 Å². The van der Waals surface area contributed by atoms with Crippen LogP contribution in [-0.4, -0.2) is 22.3 Å². The van der Waals surface area contributed by atoms with E-state index in [-0.39, 0.29) is 18.0 Å². The second-order valence-corrected chi connectivity index (χ2v) is 8.03. The molecule has 0 fully saturated rings. The molecule has 4 nitrogen and oxygen atoms in total. The zero-order valence-electron chi connectivity index (χ0n) is 16.2. The highest BCUT2D eigenvalue weighted by Gasteiger charge is 2.49. The van der Waals surface area contributed by atoms with Crippen molar-refractivity contribution in [3.05, 3.63) is 76.5 Å². The van der Waals surface area contributed by atoms with Crippen molar-refractivity contribution < 1.29 is 14.7 Å². The molecule has 5 heteroatoms. The van der Waals surface area contributed by atoms with E-state index in [0.717, 1.165) is 11.3 Å². The van der Waals surface area contributed by atoms with Gasteiger partial charge in [-0.3, -0.25) is 9.59 Å². The second-order valence-electron chi connectivity index (χ2n) is 7.59. The van der Waals surface area contributed by atoms with Gasteiger partial charge < -0.3 is 10.4 Å². The summed E-state index contributed by atoms with van der Waals surface area (Å²) in [7, 11) is 0. The Labute approximate surface area is 170 Å². The van der Waals surface area contributed by atoms with Crippen LogP contribution in [0.1, 0.15) is 38.7 Å². The number of carbonyl (C=O) groups excluding carboxylic acids is 2. The Morgan fingerprint density at radius 2 is 1.68 bits per heavy atom. The normalized spacial score (nSPS) is 24.8. The number of hydrogen-bond donors (Lipinski definition) is 2. The molecule has 0 saturated heterocycles. The zero-order chi connectivity index (χ0) is 20.5. The van der Waals surface area contributed by atoms with Crippen LogP contribution in [0.3, 0.4) is 0 Å². The predicted octanol–water partition coefficient (Wildman–Crippen LogP) is 4.74. The van der Waals surface area contributed by atoms with Crippen molar-refractivity contribution in [1.29, 1.82) is 0 Å². The molecule has 2 N–H and O–H groups in total. The maximum absolute atomic E-state index is 12.7. The van der Waals surface area contributed by atoms with Crippen molar-refractivity contribution in [2.45, 2.75) is 38.7 Å². The van der Waals surface area contributed by atoms with Gasteiger partial charge in [-0.15, -0.1) is 0 Å². The zero-order valence-corrected chi connectivity index (χ0v) is 17.0. The van der Waals surface area contributed by atoms with Gasteiger partial charge >= 0.3 is 0 Å². The van der Waals surface area contributed by atoms with Crippen LogP contribution in [0, 0.1) is 5.92 Å². The molecule has 0 bridgehead atoms. The van der Waals surface area contributed by atoms with Crippen LogP contribution in [0.2, 0.25) is 5.02 Å². The molecule has 0 amide bonds. The Hall–Kier alpha value is -2.43. The number of para-hydroxylation sites is 1. The number of Topliss-reactive ketones (excluding diaryl/α,β-unsaturated/α-hetero) is 2. The molecular formula is C23H24ClNO3. The summed E-state index contributed by atoms with van der Waals surface area (Å²) in [4.78, 5) is 25.3. The van der Waals surface area contributed by atoms with Gasteiger partial charge in [0.05, 0.1) is 11.5 Å². The highest BCUT2D eigenvalue weighted by molar-refractivity contribution is 6.30. The standard InChI is InChI=1S/C23H24ClNO3/c1-14(26)20-19(25-18-7-5-4-6-8-18)13-23(3,28)22(15(2)27)21(20)16-9-11-17(24)12-10-16/h4-12,21-22,25,28H,13H2,1-3H3. The van der Waals surface area contributed by atoms with Crippen molar-refractivity contribution in [1.82, 2.24) is 0 Å². The molecule has 146 valence electrons. The van der Waals surface area contributed by atoms with E-state index in [1.807, 2.05) is 42.5 Å². The molecular weight excluding hydrogens is 374 g/mol. The number of hydrogen-bond acceptors (Lipinski definition) is 4. The minimum Gasteiger partial charge on any atom is -0.389 e. The molecule has 0 aromatic heterocycles. The first-order valence-corrected chi connectivity index (χ1v) is 9.63. The number of allylic oxidation sites excluding steroid dienone is 1. The maximum atomic E-state index is 12.7. The van der Waals surface area contributed by atoms with Crippen LogP contribution < -0.4 is 5.32 Å². The van der Waals surface area contributed by atoms with Gasteiger partial charge in [0.15, 0.2) is 5.78 Å². The van der Waals surface area contributed by atoms with Gasteiger partial charge in [-0.2, -0.15) is 0 Å². The predicted molar refractivity (Wildman–Crippen MR) is 111 cm³/mol. The third kappa shape index (κ3) is 4.03. The largest absolute Gasteiger partial charge is 0.389 e. The van der Waals surface area contributed by atoms with Crippen molar-refractivity contribution >= 4 is 28.9 Å². The van der Waals surface area contributed by atoms with Crippen LogP contribution in [0.4, 0.5) is 5.69 Å². The third-order valence-electron chi connectivity index (χ3n) is 5.29. The average molecular weight is 398 g/mol. The number of carbonyl (C=O) groups is 2. The van der Waals surface area contributed by atoms with Crippen LogP contribution in [0.5, 0.6) is 0 Å². The SMILES string of the molecule is CC(=O)C1=C(Nc2ccccc2)CC(C)(O)C(C(C)=O)C1c1ccc(Cl)cc1. The Kier molecular flexibility index (Phi) is 5.73. The van der Waals surface area contributed by atoms with Crippen molar-refractivity contribution in [3.8, 4) is 0 Å². The molecule has 28 heavy (non-hydrogen) atoms. The summed E-state index contributed by atoms with van der Waals surface area (Å²) in [6.45, 7) is 4.63. The number of halogens is 1. The molecule has 3 rings (SSSR count). The number of ketones is 2. The first-order chi connectivity index (χ1) is 13.2. The number of benzene rings is 2. The van der Waals surface area contributed by atoms with E-state index < -0.39 is 17.4 Å². The Morgan fingerprint density at radius 3 is 2.21 bits per heavy atom. The fraction of sp³-hybridized carbons (Fsp3) is 0.304. The second kappa shape index (κ2) is 7.90. The minimum atomic E-state index is -1.30. The van der Waals surface area contributed by atoms with Crippen LogP contribution >= 0.6 is 11.6 Å². The molecule has 0 spiro atoms. The summed E-state index contributed by atoms with van der Waals surface area (Å²) in [6.07, 6.45) is 0.186.